The van der Waals surface area contributed by atoms with Gasteiger partial charge in [-0.25, -0.2) is 4.68 Å². The summed E-state index contributed by atoms with van der Waals surface area (Å²) in [6.07, 6.45) is 3.13. The zero-order chi connectivity index (χ0) is 13.0. The lowest BCUT2D eigenvalue weighted by Crippen LogP contribution is -2.14. The number of nitrogens with zero attached hydrogens (tertiary/aromatic N) is 2. The summed E-state index contributed by atoms with van der Waals surface area (Å²) in [5.74, 6) is -0.488. The molecule has 0 saturated heterocycles. The Morgan fingerprint density at radius 3 is 2.67 bits per heavy atom. The quantitative estimate of drug-likeness (QED) is 0.832. The van der Waals surface area contributed by atoms with Crippen LogP contribution in [0.15, 0.2) is 42.7 Å². The van der Waals surface area contributed by atoms with E-state index in [-0.39, 0.29) is 18.1 Å². The van der Waals surface area contributed by atoms with Crippen molar-refractivity contribution < 1.29 is 9.59 Å². The summed E-state index contributed by atoms with van der Waals surface area (Å²) in [7, 11) is 0. The van der Waals surface area contributed by atoms with E-state index in [1.54, 1.807) is 17.1 Å². The number of aromatic nitrogens is 2. The van der Waals surface area contributed by atoms with Gasteiger partial charge in [-0.3, -0.25) is 9.59 Å². The van der Waals surface area contributed by atoms with Crippen LogP contribution in [-0.4, -0.2) is 21.5 Å². The van der Waals surface area contributed by atoms with Crippen molar-refractivity contribution >= 4 is 17.4 Å². The highest BCUT2D eigenvalue weighted by molar-refractivity contribution is 6.03. The number of carbonyl (C=O) groups is 2. The third kappa shape index (κ3) is 3.04. The molecule has 0 spiro atoms. The van der Waals surface area contributed by atoms with E-state index in [1.165, 1.54) is 6.92 Å². The fraction of sp³-hybridized carbons (Fsp3) is 0.154. The molecule has 0 saturated carbocycles. The van der Waals surface area contributed by atoms with Crippen LogP contribution in [0.4, 0.5) is 5.69 Å². The standard InChI is InChI=1S/C13H13N3O2/c1-10(17)7-13(18)15-11-8-14-16(9-11)12-5-3-2-4-6-12/h2-6,8-9H,7H2,1H3,(H,15,18). The molecule has 1 heterocycles. The van der Waals surface area contributed by atoms with Crippen LogP contribution in [-0.2, 0) is 9.59 Å². The highest BCUT2D eigenvalue weighted by Gasteiger charge is 2.07. The molecule has 5 nitrogen and oxygen atoms in total. The number of benzene rings is 1. The molecule has 5 heteroatoms. The van der Waals surface area contributed by atoms with Gasteiger partial charge in [-0.1, -0.05) is 18.2 Å². The van der Waals surface area contributed by atoms with E-state index in [2.05, 4.69) is 10.4 Å². The Morgan fingerprint density at radius 1 is 1.28 bits per heavy atom. The molecule has 18 heavy (non-hydrogen) atoms. The van der Waals surface area contributed by atoms with Gasteiger partial charge in [0.25, 0.3) is 0 Å². The van der Waals surface area contributed by atoms with Crippen LogP contribution < -0.4 is 5.32 Å². The first kappa shape index (κ1) is 12.0. The van der Waals surface area contributed by atoms with Gasteiger partial charge < -0.3 is 5.32 Å². The molecule has 1 N–H and O–H groups in total. The SMILES string of the molecule is CC(=O)CC(=O)Nc1cnn(-c2ccccc2)c1. The van der Waals surface area contributed by atoms with Gasteiger partial charge in [-0.2, -0.15) is 5.10 Å². The first-order chi connectivity index (χ1) is 8.65. The van der Waals surface area contributed by atoms with E-state index in [1.807, 2.05) is 30.3 Å². The summed E-state index contributed by atoms with van der Waals surface area (Å²) in [5, 5.41) is 6.76. The molecule has 0 aliphatic carbocycles. The van der Waals surface area contributed by atoms with Crippen LogP contribution in [0.5, 0.6) is 0 Å². The number of hydrogen-bond donors (Lipinski definition) is 1. The third-order valence-electron chi connectivity index (χ3n) is 2.30. The zero-order valence-corrected chi connectivity index (χ0v) is 9.96. The monoisotopic (exact) mass is 243 g/mol. The molecule has 0 fully saturated rings. The van der Waals surface area contributed by atoms with Gasteiger partial charge in [0.1, 0.15) is 5.78 Å². The Kier molecular flexibility index (Phi) is 3.52. The molecular formula is C13H13N3O2. The molecule has 0 aliphatic heterocycles. The molecule has 2 rings (SSSR count). The number of nitrogens with one attached hydrogen (secondary N) is 1. The molecule has 1 aromatic heterocycles. The Balaban J connectivity index is 2.07. The first-order valence-corrected chi connectivity index (χ1v) is 5.54. The number of rotatable bonds is 4. The van der Waals surface area contributed by atoms with Gasteiger partial charge in [0.05, 0.1) is 30.2 Å². The lowest BCUT2D eigenvalue weighted by atomic mass is 10.3. The second-order valence-electron chi connectivity index (χ2n) is 3.94. The molecule has 1 amide bonds. The van der Waals surface area contributed by atoms with Gasteiger partial charge in [0.2, 0.25) is 5.91 Å². The van der Waals surface area contributed by atoms with Crippen molar-refractivity contribution in [3.8, 4) is 5.69 Å². The average molecular weight is 243 g/mol. The molecule has 92 valence electrons. The van der Waals surface area contributed by atoms with Gasteiger partial charge in [-0.05, 0) is 19.1 Å². The van der Waals surface area contributed by atoms with E-state index in [4.69, 9.17) is 0 Å². The van der Waals surface area contributed by atoms with Crippen molar-refractivity contribution in [1.29, 1.82) is 0 Å². The number of amides is 1. The Labute approximate surface area is 104 Å². The van der Waals surface area contributed by atoms with Crippen molar-refractivity contribution in [1.82, 2.24) is 9.78 Å². The predicted molar refractivity (Wildman–Crippen MR) is 67.5 cm³/mol. The Morgan fingerprint density at radius 2 is 2.00 bits per heavy atom. The zero-order valence-electron chi connectivity index (χ0n) is 9.96. The first-order valence-electron chi connectivity index (χ1n) is 5.54. The normalized spacial score (nSPS) is 10.1. The molecule has 0 radical (unpaired) electrons. The van der Waals surface area contributed by atoms with Crippen LogP contribution in [0.25, 0.3) is 5.69 Å². The van der Waals surface area contributed by atoms with Crippen LogP contribution in [0.3, 0.4) is 0 Å². The molecular weight excluding hydrogens is 230 g/mol. The van der Waals surface area contributed by atoms with E-state index in [0.29, 0.717) is 5.69 Å². The summed E-state index contributed by atoms with van der Waals surface area (Å²) in [6.45, 7) is 1.38. The van der Waals surface area contributed by atoms with Gasteiger partial charge >= 0.3 is 0 Å². The number of anilines is 1. The summed E-state index contributed by atoms with van der Waals surface area (Å²) in [4.78, 5) is 22.2. The molecule has 1 aromatic carbocycles. The third-order valence-corrected chi connectivity index (χ3v) is 2.30. The maximum atomic E-state index is 11.4. The number of para-hydroxylation sites is 1. The fourth-order valence-corrected chi connectivity index (χ4v) is 1.54. The van der Waals surface area contributed by atoms with Crippen molar-refractivity contribution in [2.24, 2.45) is 0 Å². The number of carbonyl (C=O) groups excluding carboxylic acids is 2. The number of ketones is 1. The van der Waals surface area contributed by atoms with Crippen LogP contribution in [0, 0.1) is 0 Å². The topological polar surface area (TPSA) is 64.0 Å². The van der Waals surface area contributed by atoms with Crippen molar-refractivity contribution in [3.05, 3.63) is 42.7 Å². The lowest BCUT2D eigenvalue weighted by Gasteiger charge is -2.00. The molecule has 0 aliphatic rings. The highest BCUT2D eigenvalue weighted by atomic mass is 16.2. The van der Waals surface area contributed by atoms with Crippen LogP contribution in [0.1, 0.15) is 13.3 Å². The predicted octanol–water partition coefficient (Wildman–Crippen LogP) is 1.79. The summed E-state index contributed by atoms with van der Waals surface area (Å²) < 4.78 is 1.66. The number of Topliss-reactive ketones (excluding diaryl/α,β-unsaturated/α-hetero) is 1. The van der Waals surface area contributed by atoms with Crippen LogP contribution in [0.2, 0.25) is 0 Å². The Bertz CT molecular complexity index is 561. The smallest absolute Gasteiger partial charge is 0.231 e. The second kappa shape index (κ2) is 5.27. The largest absolute Gasteiger partial charge is 0.323 e. The van der Waals surface area contributed by atoms with Gasteiger partial charge in [0, 0.05) is 0 Å². The van der Waals surface area contributed by atoms with E-state index in [0.717, 1.165) is 5.69 Å². The van der Waals surface area contributed by atoms with Crippen molar-refractivity contribution in [2.45, 2.75) is 13.3 Å². The van der Waals surface area contributed by atoms with E-state index in [9.17, 15) is 9.59 Å². The lowest BCUT2D eigenvalue weighted by molar-refractivity contribution is -0.124. The van der Waals surface area contributed by atoms with Crippen molar-refractivity contribution in [2.75, 3.05) is 5.32 Å². The second-order valence-corrected chi connectivity index (χ2v) is 3.94. The van der Waals surface area contributed by atoms with Crippen LogP contribution >= 0.6 is 0 Å². The maximum Gasteiger partial charge on any atom is 0.231 e. The Hall–Kier alpha value is -2.43. The fourth-order valence-electron chi connectivity index (χ4n) is 1.54. The summed E-state index contributed by atoms with van der Waals surface area (Å²) in [5.41, 5.74) is 1.48. The maximum absolute atomic E-state index is 11.4. The van der Waals surface area contributed by atoms with Gasteiger partial charge in [-0.15, -0.1) is 0 Å². The average Bonchev–Trinajstić information content (AvgIpc) is 2.77. The van der Waals surface area contributed by atoms with Crippen molar-refractivity contribution in [3.63, 3.8) is 0 Å². The van der Waals surface area contributed by atoms with E-state index >= 15 is 0 Å². The molecule has 0 bridgehead atoms. The summed E-state index contributed by atoms with van der Waals surface area (Å²) >= 11 is 0. The minimum Gasteiger partial charge on any atom is -0.323 e. The molecule has 0 atom stereocenters. The molecule has 0 unspecified atom stereocenters. The number of hydrogen-bond acceptors (Lipinski definition) is 3. The molecule has 2 aromatic rings. The minimum atomic E-state index is -0.324. The van der Waals surface area contributed by atoms with E-state index < -0.39 is 0 Å². The minimum absolute atomic E-state index is 0.115. The highest BCUT2D eigenvalue weighted by Crippen LogP contribution is 2.11. The summed E-state index contributed by atoms with van der Waals surface area (Å²) in [6, 6.07) is 9.56. The van der Waals surface area contributed by atoms with Gasteiger partial charge in [0.15, 0.2) is 0 Å².